The first-order valence-electron chi connectivity index (χ1n) is 7.83. The van der Waals surface area contributed by atoms with Crippen LogP contribution >= 0.6 is 0 Å². The average Bonchev–Trinajstić information content (AvgIpc) is 3.44. The van der Waals surface area contributed by atoms with Gasteiger partial charge in [0, 0.05) is 18.3 Å². The van der Waals surface area contributed by atoms with Gasteiger partial charge >= 0.3 is 12.0 Å². The first kappa shape index (κ1) is 16.8. The maximum absolute atomic E-state index is 12.2. The number of benzene rings is 1. The Labute approximate surface area is 144 Å². The predicted octanol–water partition coefficient (Wildman–Crippen LogP) is 2.59. The first-order chi connectivity index (χ1) is 12.1. The number of amides is 3. The van der Waals surface area contributed by atoms with Gasteiger partial charge in [-0.05, 0) is 49.6 Å². The van der Waals surface area contributed by atoms with Crippen molar-refractivity contribution in [2.24, 2.45) is 5.92 Å². The molecule has 0 unspecified atom stereocenters. The fourth-order valence-electron chi connectivity index (χ4n) is 2.22. The Morgan fingerprint density at radius 2 is 1.96 bits per heavy atom. The Hall–Kier alpha value is -3.00. The topological polar surface area (TPSA) is 93.7 Å². The summed E-state index contributed by atoms with van der Waals surface area (Å²) in [5.74, 6) is 0.219. The van der Waals surface area contributed by atoms with Crippen LogP contribution in [0.2, 0.25) is 0 Å². The average molecular weight is 342 g/mol. The van der Waals surface area contributed by atoms with Crippen LogP contribution < -0.4 is 15.1 Å². The van der Waals surface area contributed by atoms with E-state index in [9.17, 15) is 9.59 Å². The summed E-state index contributed by atoms with van der Waals surface area (Å²) in [5, 5.41) is 3.36. The molecule has 1 fully saturated rings. The molecule has 25 heavy (non-hydrogen) atoms. The zero-order chi connectivity index (χ0) is 17.8. The van der Waals surface area contributed by atoms with Gasteiger partial charge in [0.2, 0.25) is 5.91 Å². The second-order valence-electron chi connectivity index (χ2n) is 5.63. The van der Waals surface area contributed by atoms with Crippen LogP contribution in [0.15, 0.2) is 36.7 Å². The summed E-state index contributed by atoms with van der Waals surface area (Å²) in [5.41, 5.74) is 1.23. The fraction of sp³-hybridized carbons (Fsp3) is 0.294. The van der Waals surface area contributed by atoms with Crippen molar-refractivity contribution < 1.29 is 19.2 Å². The number of rotatable bonds is 5. The first-order valence-corrected chi connectivity index (χ1v) is 7.83. The number of anilines is 1. The molecule has 1 saturated carbocycles. The minimum Gasteiger partial charge on any atom is -0.424 e. The molecule has 0 aliphatic heterocycles. The third kappa shape index (κ3) is 4.10. The van der Waals surface area contributed by atoms with Crippen molar-refractivity contribution in [3.8, 4) is 11.8 Å². The second kappa shape index (κ2) is 7.27. The maximum Gasteiger partial charge on any atom is 0.352 e. The van der Waals surface area contributed by atoms with Crippen molar-refractivity contribution in [1.82, 2.24) is 15.3 Å². The van der Waals surface area contributed by atoms with E-state index in [0.29, 0.717) is 11.4 Å². The van der Waals surface area contributed by atoms with Crippen LogP contribution in [0.5, 0.6) is 11.8 Å². The quantitative estimate of drug-likeness (QED) is 0.840. The lowest BCUT2D eigenvalue weighted by molar-refractivity contribution is -0.121. The van der Waals surface area contributed by atoms with E-state index in [0.717, 1.165) is 23.5 Å². The van der Waals surface area contributed by atoms with Crippen molar-refractivity contribution in [2.45, 2.75) is 19.8 Å². The normalized spacial score (nSPS) is 13.2. The molecule has 0 saturated heterocycles. The number of ether oxygens (including phenoxy) is 1. The van der Waals surface area contributed by atoms with Crippen LogP contribution in [0.3, 0.4) is 0 Å². The lowest BCUT2D eigenvalue weighted by atomic mass is 10.2. The van der Waals surface area contributed by atoms with Crippen LogP contribution in [0.25, 0.3) is 0 Å². The number of carbonyl (C=O) groups excluding carboxylic acids is 2. The van der Waals surface area contributed by atoms with E-state index < -0.39 is 6.03 Å². The number of hydrogen-bond acceptors (Lipinski definition) is 6. The number of imide groups is 1. The Bertz CT molecular complexity index is 777. The zero-order valence-corrected chi connectivity index (χ0v) is 13.9. The molecular weight excluding hydrogens is 324 g/mol. The Morgan fingerprint density at radius 1 is 1.24 bits per heavy atom. The van der Waals surface area contributed by atoms with E-state index in [1.807, 2.05) is 6.92 Å². The van der Waals surface area contributed by atoms with Gasteiger partial charge in [0.25, 0.3) is 0 Å². The third-order valence-electron chi connectivity index (χ3n) is 3.68. The standard InChI is InChI=1S/C17H18N4O4/c1-11-10-13(6-7-14(11)25-16-18-8-3-9-19-16)21(24-2)17(23)20-15(22)12-4-5-12/h3,6-10,12H,4-5H2,1-2H3,(H,20,22,23). The number of hydrogen-bond donors (Lipinski definition) is 1. The highest BCUT2D eigenvalue weighted by Crippen LogP contribution is 2.29. The predicted molar refractivity (Wildman–Crippen MR) is 89.0 cm³/mol. The molecular formula is C17H18N4O4. The molecule has 1 aromatic heterocycles. The number of hydroxylamine groups is 1. The Balaban J connectivity index is 1.73. The summed E-state index contributed by atoms with van der Waals surface area (Å²) >= 11 is 0. The fourth-order valence-corrected chi connectivity index (χ4v) is 2.22. The molecule has 0 bridgehead atoms. The van der Waals surface area contributed by atoms with Gasteiger partial charge in [0.1, 0.15) is 5.75 Å². The molecule has 8 heteroatoms. The number of carbonyl (C=O) groups is 2. The lowest BCUT2D eigenvalue weighted by Gasteiger charge is -2.20. The molecule has 0 spiro atoms. The van der Waals surface area contributed by atoms with Crippen molar-refractivity contribution in [1.29, 1.82) is 0 Å². The highest BCUT2D eigenvalue weighted by molar-refractivity contribution is 6.02. The second-order valence-corrected chi connectivity index (χ2v) is 5.63. The van der Waals surface area contributed by atoms with Gasteiger partial charge in [-0.15, -0.1) is 0 Å². The summed E-state index contributed by atoms with van der Waals surface area (Å²) in [6.45, 7) is 1.82. The van der Waals surface area contributed by atoms with Crippen molar-refractivity contribution in [2.75, 3.05) is 12.2 Å². The third-order valence-corrected chi connectivity index (χ3v) is 3.68. The minimum absolute atomic E-state index is 0.0639. The molecule has 8 nitrogen and oxygen atoms in total. The van der Waals surface area contributed by atoms with Gasteiger partial charge in [-0.1, -0.05) is 0 Å². The molecule has 3 rings (SSSR count). The van der Waals surface area contributed by atoms with E-state index in [2.05, 4.69) is 15.3 Å². The van der Waals surface area contributed by atoms with Gasteiger partial charge < -0.3 is 4.74 Å². The number of aryl methyl sites for hydroxylation is 1. The Morgan fingerprint density at radius 3 is 2.56 bits per heavy atom. The van der Waals surface area contributed by atoms with Crippen molar-refractivity contribution in [3.05, 3.63) is 42.2 Å². The molecule has 0 atom stereocenters. The van der Waals surface area contributed by atoms with Crippen molar-refractivity contribution in [3.63, 3.8) is 0 Å². The maximum atomic E-state index is 12.2. The van der Waals surface area contributed by atoms with Gasteiger partial charge in [0.15, 0.2) is 0 Å². The van der Waals surface area contributed by atoms with Crippen LogP contribution in [0.1, 0.15) is 18.4 Å². The van der Waals surface area contributed by atoms with Crippen molar-refractivity contribution >= 4 is 17.6 Å². The molecule has 3 amide bonds. The van der Waals surface area contributed by atoms with Gasteiger partial charge in [0.05, 0.1) is 12.8 Å². The van der Waals surface area contributed by atoms with Gasteiger partial charge in [-0.2, -0.15) is 5.06 Å². The molecule has 1 heterocycles. The van der Waals surface area contributed by atoms with Crippen LogP contribution in [0, 0.1) is 12.8 Å². The summed E-state index contributed by atoms with van der Waals surface area (Å²) in [6, 6.07) is 6.34. The SMILES string of the molecule is CON(C(=O)NC(=O)C1CC1)c1ccc(Oc2ncccn2)c(C)c1. The molecule has 1 aromatic carbocycles. The van der Waals surface area contributed by atoms with E-state index in [1.54, 1.807) is 36.7 Å². The Kier molecular flexibility index (Phi) is 4.90. The lowest BCUT2D eigenvalue weighted by Crippen LogP contribution is -2.43. The van der Waals surface area contributed by atoms with E-state index >= 15 is 0 Å². The summed E-state index contributed by atoms with van der Waals surface area (Å²) < 4.78 is 5.61. The summed E-state index contributed by atoms with van der Waals surface area (Å²) in [6.07, 6.45) is 4.80. The molecule has 130 valence electrons. The largest absolute Gasteiger partial charge is 0.424 e. The molecule has 1 aliphatic carbocycles. The highest BCUT2D eigenvalue weighted by Gasteiger charge is 2.32. The van der Waals surface area contributed by atoms with E-state index in [1.165, 1.54) is 7.11 Å². The van der Waals surface area contributed by atoms with Crippen LogP contribution in [-0.2, 0) is 9.63 Å². The monoisotopic (exact) mass is 342 g/mol. The summed E-state index contributed by atoms with van der Waals surface area (Å²) in [4.78, 5) is 37.1. The zero-order valence-electron chi connectivity index (χ0n) is 13.9. The number of urea groups is 1. The molecule has 0 radical (unpaired) electrons. The van der Waals surface area contributed by atoms with Crippen LogP contribution in [0.4, 0.5) is 10.5 Å². The number of nitrogens with zero attached hydrogens (tertiary/aromatic N) is 3. The summed E-state index contributed by atoms with van der Waals surface area (Å²) in [7, 11) is 1.36. The minimum atomic E-state index is -0.626. The molecule has 1 aliphatic rings. The van der Waals surface area contributed by atoms with Gasteiger partial charge in [-0.25, -0.2) is 14.8 Å². The highest BCUT2D eigenvalue weighted by atomic mass is 16.7. The smallest absolute Gasteiger partial charge is 0.352 e. The molecule has 2 aromatic rings. The number of nitrogens with one attached hydrogen (secondary N) is 1. The molecule has 1 N–H and O–H groups in total. The van der Waals surface area contributed by atoms with E-state index in [-0.39, 0.29) is 17.8 Å². The number of aromatic nitrogens is 2. The van der Waals surface area contributed by atoms with Gasteiger partial charge in [-0.3, -0.25) is 14.9 Å². The van der Waals surface area contributed by atoms with E-state index in [4.69, 9.17) is 9.57 Å². The van der Waals surface area contributed by atoms with Crippen LogP contribution in [-0.4, -0.2) is 29.0 Å².